The maximum atomic E-state index is 12.6. The summed E-state index contributed by atoms with van der Waals surface area (Å²) in [5, 5.41) is 25.8. The van der Waals surface area contributed by atoms with Gasteiger partial charge in [-0.05, 0) is 62.6 Å². The third-order valence-electron chi connectivity index (χ3n) is 7.49. The van der Waals surface area contributed by atoms with E-state index < -0.39 is 24.3 Å². The number of halogens is 6. The fraction of sp³-hybridized carbons (Fsp3) is 0.615. The number of aryl methyl sites for hydroxylation is 1. The molecular weight excluding hydrogens is 606 g/mol. The molecule has 2 aliphatic heterocycles. The van der Waals surface area contributed by atoms with Crippen molar-refractivity contribution in [3.63, 3.8) is 0 Å². The van der Waals surface area contributed by atoms with Crippen molar-refractivity contribution in [1.82, 2.24) is 30.0 Å². The zero-order valence-corrected chi connectivity index (χ0v) is 23.6. The van der Waals surface area contributed by atoms with Gasteiger partial charge in [-0.2, -0.15) is 26.3 Å². The Hall–Kier alpha value is -3.96. The highest BCUT2D eigenvalue weighted by Gasteiger charge is 2.41. The molecule has 2 aromatic rings. The van der Waals surface area contributed by atoms with E-state index in [9.17, 15) is 31.1 Å². The number of likely N-dealkylation sites (tertiary alicyclic amines) is 1. The Bertz CT molecular complexity index is 1280. The van der Waals surface area contributed by atoms with Crippen molar-refractivity contribution in [2.75, 3.05) is 26.7 Å². The summed E-state index contributed by atoms with van der Waals surface area (Å²) < 4.78 is 71.0. The molecule has 0 atom stereocenters. The van der Waals surface area contributed by atoms with E-state index >= 15 is 0 Å². The van der Waals surface area contributed by atoms with E-state index in [4.69, 9.17) is 24.5 Å². The van der Waals surface area contributed by atoms with E-state index in [0.29, 0.717) is 17.6 Å². The van der Waals surface area contributed by atoms with Gasteiger partial charge in [-0.1, -0.05) is 6.07 Å². The van der Waals surface area contributed by atoms with Gasteiger partial charge in [0.1, 0.15) is 5.82 Å². The predicted molar refractivity (Wildman–Crippen MR) is 139 cm³/mol. The number of carboxylic acid groups (broad SMARTS) is 2. The van der Waals surface area contributed by atoms with Gasteiger partial charge in [0.2, 0.25) is 11.7 Å². The van der Waals surface area contributed by atoms with E-state index in [-0.39, 0.29) is 11.3 Å². The summed E-state index contributed by atoms with van der Waals surface area (Å²) in [6.07, 6.45) is -1.68. The van der Waals surface area contributed by atoms with Crippen LogP contribution in [0, 0.1) is 11.3 Å². The third-order valence-corrected chi connectivity index (χ3v) is 7.49. The summed E-state index contributed by atoms with van der Waals surface area (Å²) in [7, 11) is 1.67. The summed E-state index contributed by atoms with van der Waals surface area (Å²) in [5.41, 5.74) is 1.37. The average molecular weight is 639 g/mol. The monoisotopic (exact) mass is 638 g/mol. The summed E-state index contributed by atoms with van der Waals surface area (Å²) in [4.78, 5) is 37.2. The first-order valence-corrected chi connectivity index (χ1v) is 13.6. The molecule has 1 saturated heterocycles. The molecule has 5 rings (SSSR count). The Morgan fingerprint density at radius 1 is 1.02 bits per heavy atom. The number of rotatable bonds is 6. The number of methoxy groups -OCH3 is 1. The number of nitrogens with zero attached hydrogens (tertiary/aromatic N) is 5. The zero-order valence-electron chi connectivity index (χ0n) is 23.6. The lowest BCUT2D eigenvalue weighted by Gasteiger charge is -2.44. The average Bonchev–Trinajstić information content (AvgIpc) is 3.70. The number of fused-ring (bicyclic) bond motifs is 1. The van der Waals surface area contributed by atoms with Crippen LogP contribution in [0.15, 0.2) is 18.3 Å². The van der Waals surface area contributed by atoms with Crippen LogP contribution in [0.5, 0.6) is 5.88 Å². The Morgan fingerprint density at radius 2 is 1.61 bits per heavy atom. The van der Waals surface area contributed by atoms with E-state index in [1.54, 1.807) is 13.3 Å². The van der Waals surface area contributed by atoms with Gasteiger partial charge < -0.3 is 24.8 Å². The maximum Gasteiger partial charge on any atom is 0.490 e. The van der Waals surface area contributed by atoms with Crippen molar-refractivity contribution in [2.24, 2.45) is 11.3 Å². The lowest BCUT2D eigenvalue weighted by Crippen LogP contribution is -2.45. The Kier molecular flexibility index (Phi) is 11.2. The van der Waals surface area contributed by atoms with Crippen LogP contribution in [0.4, 0.5) is 26.3 Å². The second kappa shape index (κ2) is 14.2. The second-order valence-corrected chi connectivity index (χ2v) is 10.7. The molecule has 3 aliphatic rings. The molecule has 12 nitrogen and oxygen atoms in total. The molecular formula is C26H32F6N6O6. The molecule has 4 heterocycles. The zero-order chi connectivity index (χ0) is 32.7. The minimum absolute atomic E-state index is 0.0705. The molecule has 18 heteroatoms. The normalized spacial score (nSPS) is 17.7. The van der Waals surface area contributed by atoms with E-state index in [0.717, 1.165) is 69.8 Å². The van der Waals surface area contributed by atoms with Crippen LogP contribution in [0.3, 0.4) is 0 Å². The van der Waals surface area contributed by atoms with Crippen LogP contribution in [-0.2, 0) is 29.1 Å². The second-order valence-electron chi connectivity index (χ2n) is 10.7. The van der Waals surface area contributed by atoms with Gasteiger partial charge in [0, 0.05) is 37.8 Å². The number of amides is 1. The van der Waals surface area contributed by atoms with Crippen LogP contribution in [-0.4, -0.2) is 91.8 Å². The largest absolute Gasteiger partial charge is 0.490 e. The maximum absolute atomic E-state index is 12.6. The fourth-order valence-corrected chi connectivity index (χ4v) is 4.85. The summed E-state index contributed by atoms with van der Waals surface area (Å²) in [6, 6.07) is 4.06. The molecule has 1 aliphatic carbocycles. The van der Waals surface area contributed by atoms with Crippen LogP contribution in [0.2, 0.25) is 0 Å². The fourth-order valence-electron chi connectivity index (χ4n) is 4.85. The molecule has 2 aromatic heterocycles. The first kappa shape index (κ1) is 34.5. The van der Waals surface area contributed by atoms with Crippen molar-refractivity contribution < 1.29 is 55.7 Å². The van der Waals surface area contributed by atoms with Crippen LogP contribution < -0.4 is 10.1 Å². The lowest BCUT2D eigenvalue weighted by molar-refractivity contribution is -0.193. The Labute approximate surface area is 247 Å². The van der Waals surface area contributed by atoms with Gasteiger partial charge in [-0.25, -0.2) is 14.6 Å². The molecule has 0 unspecified atom stereocenters. The number of carbonyl (C=O) groups excluding carboxylic acids is 1. The first-order chi connectivity index (χ1) is 20.5. The smallest absolute Gasteiger partial charge is 0.481 e. The summed E-state index contributed by atoms with van der Waals surface area (Å²) >= 11 is 0. The number of ether oxygens (including phenoxy) is 1. The number of alkyl halides is 6. The van der Waals surface area contributed by atoms with Crippen molar-refractivity contribution in [3.05, 3.63) is 35.5 Å². The lowest BCUT2D eigenvalue weighted by atomic mass is 9.73. The standard InChI is InChI=1S/C22H30N6O2.2C2HF3O2/c1-30-21-17(3-2-10-23-21)14-27-11-8-22(9-12-27)7-6-18-25-26-19(28(18)15-22)20(29)24-13-16-4-5-16;2*3-2(4,5)1(6)7/h2-3,10,16H,4-9,11-15H2,1H3,(H,24,29);2*(H,6,7). The molecule has 0 bridgehead atoms. The summed E-state index contributed by atoms with van der Waals surface area (Å²) in [6.45, 7) is 4.56. The highest BCUT2D eigenvalue weighted by Crippen LogP contribution is 2.41. The third kappa shape index (κ3) is 9.78. The highest BCUT2D eigenvalue weighted by atomic mass is 19.4. The molecule has 244 valence electrons. The summed E-state index contributed by atoms with van der Waals surface area (Å²) in [5.74, 6) is -2.76. The molecule has 44 heavy (non-hydrogen) atoms. The molecule has 1 saturated carbocycles. The quantitative estimate of drug-likeness (QED) is 0.401. The van der Waals surface area contributed by atoms with Crippen molar-refractivity contribution in [1.29, 1.82) is 0 Å². The van der Waals surface area contributed by atoms with Gasteiger partial charge >= 0.3 is 24.3 Å². The van der Waals surface area contributed by atoms with Crippen LogP contribution >= 0.6 is 0 Å². The van der Waals surface area contributed by atoms with Gasteiger partial charge in [0.05, 0.1) is 7.11 Å². The van der Waals surface area contributed by atoms with E-state index in [1.807, 2.05) is 6.07 Å². The highest BCUT2D eigenvalue weighted by molar-refractivity contribution is 5.90. The number of aromatic nitrogens is 4. The Morgan fingerprint density at radius 3 is 2.14 bits per heavy atom. The van der Waals surface area contributed by atoms with Crippen LogP contribution in [0.25, 0.3) is 0 Å². The minimum atomic E-state index is -5.08. The van der Waals surface area contributed by atoms with E-state index in [2.05, 4.69) is 36.0 Å². The van der Waals surface area contributed by atoms with E-state index in [1.165, 1.54) is 12.8 Å². The number of carboxylic acids is 2. The van der Waals surface area contributed by atoms with Crippen LogP contribution in [0.1, 0.15) is 54.1 Å². The minimum Gasteiger partial charge on any atom is -0.481 e. The molecule has 0 radical (unpaired) electrons. The SMILES string of the molecule is COc1ncccc1CN1CCC2(CCc3nnc(C(=O)NCC4CC4)n3C2)CC1.O=C(O)C(F)(F)F.O=C(O)C(F)(F)F. The predicted octanol–water partition coefficient (Wildman–Crippen LogP) is 3.32. The van der Waals surface area contributed by atoms with Crippen molar-refractivity contribution >= 4 is 17.8 Å². The number of hydrogen-bond donors (Lipinski definition) is 3. The number of carbonyl (C=O) groups is 3. The number of piperidine rings is 1. The molecule has 0 aromatic carbocycles. The van der Waals surface area contributed by atoms with Gasteiger partial charge in [0.25, 0.3) is 5.91 Å². The molecule has 3 N–H and O–H groups in total. The van der Waals surface area contributed by atoms with Gasteiger partial charge in [-0.15, -0.1) is 10.2 Å². The number of nitrogens with one attached hydrogen (secondary N) is 1. The topological polar surface area (TPSA) is 160 Å². The number of hydrogen-bond acceptors (Lipinski definition) is 8. The number of pyridine rings is 1. The van der Waals surface area contributed by atoms with Gasteiger partial charge in [-0.3, -0.25) is 9.69 Å². The molecule has 1 amide bonds. The Balaban J connectivity index is 0.000000317. The molecule has 2 fully saturated rings. The van der Waals surface area contributed by atoms with Crippen molar-refractivity contribution in [3.8, 4) is 5.88 Å². The van der Waals surface area contributed by atoms with Gasteiger partial charge in [0.15, 0.2) is 0 Å². The first-order valence-electron chi connectivity index (χ1n) is 13.6. The molecule has 1 spiro atoms. The number of aliphatic carboxylic acids is 2. The van der Waals surface area contributed by atoms with Crippen molar-refractivity contribution in [2.45, 2.75) is 64.0 Å².